The van der Waals surface area contributed by atoms with Crippen LogP contribution in [-0.2, 0) is 0 Å². The molecule has 0 radical (unpaired) electrons. The number of hydrogen-bond acceptors (Lipinski definition) is 2. The number of carboxylic acids is 1. The smallest absolute Gasteiger partial charge is 0.339 e. The third-order valence-electron chi connectivity index (χ3n) is 2.28. The predicted molar refractivity (Wildman–Crippen MR) is 66.7 cm³/mol. The van der Waals surface area contributed by atoms with E-state index in [4.69, 9.17) is 28.3 Å². The fourth-order valence-corrected chi connectivity index (χ4v) is 2.02. The first-order chi connectivity index (χ1) is 8.11. The van der Waals surface area contributed by atoms with Gasteiger partial charge in [0.05, 0.1) is 0 Å². The highest BCUT2D eigenvalue weighted by molar-refractivity contribution is 6.35. The molecular weight excluding hydrogens is 261 g/mol. The average molecular weight is 268 g/mol. The number of rotatable bonds is 2. The number of benzene rings is 1. The Bertz CT molecular complexity index is 584. The molecule has 0 unspecified atom stereocenters. The first kappa shape index (κ1) is 11.9. The van der Waals surface area contributed by atoms with Crippen molar-refractivity contribution in [2.24, 2.45) is 0 Å². The topological polar surface area (TPSA) is 50.2 Å². The molecule has 0 fully saturated rings. The van der Waals surface area contributed by atoms with Crippen molar-refractivity contribution < 1.29 is 9.90 Å². The van der Waals surface area contributed by atoms with E-state index in [9.17, 15) is 4.79 Å². The normalized spacial score (nSPS) is 10.2. The van der Waals surface area contributed by atoms with Crippen molar-refractivity contribution in [3.63, 3.8) is 0 Å². The molecule has 5 heteroatoms. The molecule has 0 aliphatic heterocycles. The molecule has 0 aliphatic carbocycles. The van der Waals surface area contributed by atoms with Gasteiger partial charge in [-0.2, -0.15) is 0 Å². The molecule has 86 valence electrons. The van der Waals surface area contributed by atoms with Gasteiger partial charge in [0.15, 0.2) is 0 Å². The van der Waals surface area contributed by atoms with Crippen LogP contribution in [0.5, 0.6) is 0 Å². The Morgan fingerprint density at radius 1 is 1.12 bits per heavy atom. The van der Waals surface area contributed by atoms with Crippen molar-refractivity contribution in [3.8, 4) is 11.1 Å². The molecule has 0 amide bonds. The number of hydrogen-bond donors (Lipinski definition) is 1. The van der Waals surface area contributed by atoms with Gasteiger partial charge in [-0.25, -0.2) is 9.78 Å². The standard InChI is InChI=1S/C12H7Cl2NO2/c13-9-4-2-1-3-7(9)8-5-6-15-11(14)10(8)12(16)17/h1-6H,(H,16,17). The summed E-state index contributed by atoms with van der Waals surface area (Å²) in [6.45, 7) is 0. The van der Waals surface area contributed by atoms with E-state index in [-0.39, 0.29) is 10.7 Å². The fraction of sp³-hybridized carbons (Fsp3) is 0. The number of aromatic carboxylic acids is 1. The van der Waals surface area contributed by atoms with E-state index in [1.54, 1.807) is 30.3 Å². The van der Waals surface area contributed by atoms with Gasteiger partial charge in [0, 0.05) is 22.3 Å². The largest absolute Gasteiger partial charge is 0.478 e. The third kappa shape index (κ3) is 2.25. The van der Waals surface area contributed by atoms with Gasteiger partial charge < -0.3 is 5.11 Å². The van der Waals surface area contributed by atoms with Crippen molar-refractivity contribution in [3.05, 3.63) is 52.3 Å². The molecule has 1 N–H and O–H groups in total. The summed E-state index contributed by atoms with van der Waals surface area (Å²) in [7, 11) is 0. The van der Waals surface area contributed by atoms with E-state index in [1.807, 2.05) is 0 Å². The second-order valence-electron chi connectivity index (χ2n) is 3.31. The number of nitrogens with zero attached hydrogens (tertiary/aromatic N) is 1. The molecule has 1 aromatic heterocycles. The summed E-state index contributed by atoms with van der Waals surface area (Å²) in [5.41, 5.74) is 1.04. The Balaban J connectivity index is 2.72. The van der Waals surface area contributed by atoms with Crippen LogP contribution in [0.25, 0.3) is 11.1 Å². The minimum Gasteiger partial charge on any atom is -0.478 e. The second kappa shape index (κ2) is 4.73. The summed E-state index contributed by atoms with van der Waals surface area (Å²) in [4.78, 5) is 14.9. The zero-order valence-corrected chi connectivity index (χ0v) is 10.0. The summed E-state index contributed by atoms with van der Waals surface area (Å²) < 4.78 is 0. The Labute approximate surface area is 108 Å². The van der Waals surface area contributed by atoms with Crippen LogP contribution in [0.15, 0.2) is 36.5 Å². The zero-order chi connectivity index (χ0) is 12.4. The Morgan fingerprint density at radius 2 is 1.82 bits per heavy atom. The van der Waals surface area contributed by atoms with Gasteiger partial charge in [0.2, 0.25) is 0 Å². The molecule has 0 bridgehead atoms. The summed E-state index contributed by atoms with van der Waals surface area (Å²) in [6.07, 6.45) is 1.45. The summed E-state index contributed by atoms with van der Waals surface area (Å²) in [6, 6.07) is 8.56. The van der Waals surface area contributed by atoms with Crippen LogP contribution in [0, 0.1) is 0 Å². The molecule has 0 atom stereocenters. The lowest BCUT2D eigenvalue weighted by atomic mass is 10.0. The van der Waals surface area contributed by atoms with Gasteiger partial charge >= 0.3 is 5.97 Å². The van der Waals surface area contributed by atoms with Gasteiger partial charge in [-0.1, -0.05) is 41.4 Å². The van der Waals surface area contributed by atoms with E-state index < -0.39 is 5.97 Å². The number of carbonyl (C=O) groups is 1. The van der Waals surface area contributed by atoms with Gasteiger partial charge in [-0.3, -0.25) is 0 Å². The molecule has 3 nitrogen and oxygen atoms in total. The molecule has 17 heavy (non-hydrogen) atoms. The zero-order valence-electron chi connectivity index (χ0n) is 8.52. The van der Waals surface area contributed by atoms with Crippen molar-refractivity contribution in [1.29, 1.82) is 0 Å². The maximum Gasteiger partial charge on any atom is 0.339 e. The lowest BCUT2D eigenvalue weighted by molar-refractivity contribution is 0.0697. The molecule has 1 heterocycles. The average Bonchev–Trinajstić information content (AvgIpc) is 2.28. The van der Waals surface area contributed by atoms with Crippen molar-refractivity contribution in [2.75, 3.05) is 0 Å². The van der Waals surface area contributed by atoms with E-state index in [2.05, 4.69) is 4.98 Å². The number of carboxylic acid groups (broad SMARTS) is 1. The molecule has 0 spiro atoms. The van der Waals surface area contributed by atoms with Crippen LogP contribution in [-0.4, -0.2) is 16.1 Å². The van der Waals surface area contributed by atoms with Crippen molar-refractivity contribution in [1.82, 2.24) is 4.98 Å². The van der Waals surface area contributed by atoms with E-state index in [0.717, 1.165) is 0 Å². The molecule has 0 saturated carbocycles. The molecule has 1 aromatic carbocycles. The van der Waals surface area contributed by atoms with E-state index >= 15 is 0 Å². The molecule has 2 rings (SSSR count). The summed E-state index contributed by atoms with van der Waals surface area (Å²) in [5.74, 6) is -1.13. The minimum atomic E-state index is -1.13. The monoisotopic (exact) mass is 267 g/mol. The summed E-state index contributed by atoms with van der Waals surface area (Å²) in [5, 5.41) is 9.55. The SMILES string of the molecule is O=C(O)c1c(-c2ccccc2Cl)ccnc1Cl. The highest BCUT2D eigenvalue weighted by atomic mass is 35.5. The fourth-order valence-electron chi connectivity index (χ4n) is 1.54. The number of pyridine rings is 1. The molecule has 2 aromatic rings. The quantitative estimate of drug-likeness (QED) is 0.844. The van der Waals surface area contributed by atoms with Crippen molar-refractivity contribution in [2.45, 2.75) is 0 Å². The molecule has 0 saturated heterocycles. The van der Waals surface area contributed by atoms with Crippen molar-refractivity contribution >= 4 is 29.2 Å². The maximum atomic E-state index is 11.2. The summed E-state index contributed by atoms with van der Waals surface area (Å²) >= 11 is 11.8. The maximum absolute atomic E-state index is 11.2. The Hall–Kier alpha value is -1.58. The molecule has 0 aliphatic rings. The van der Waals surface area contributed by atoms with Gasteiger partial charge in [0.1, 0.15) is 10.7 Å². The van der Waals surface area contributed by atoms with Crippen LogP contribution < -0.4 is 0 Å². The van der Waals surface area contributed by atoms with Gasteiger partial charge in [-0.05, 0) is 12.1 Å². The van der Waals surface area contributed by atoms with Crippen LogP contribution in [0.4, 0.5) is 0 Å². The Kier molecular flexibility index (Phi) is 3.31. The highest BCUT2D eigenvalue weighted by Crippen LogP contribution is 2.32. The van der Waals surface area contributed by atoms with Gasteiger partial charge in [-0.15, -0.1) is 0 Å². The lowest BCUT2D eigenvalue weighted by Crippen LogP contribution is -2.02. The van der Waals surface area contributed by atoms with Crippen LogP contribution in [0.2, 0.25) is 10.2 Å². The Morgan fingerprint density at radius 3 is 2.47 bits per heavy atom. The van der Waals surface area contributed by atoms with E-state index in [0.29, 0.717) is 16.1 Å². The van der Waals surface area contributed by atoms with E-state index in [1.165, 1.54) is 6.20 Å². The first-order valence-corrected chi connectivity index (χ1v) is 5.49. The first-order valence-electron chi connectivity index (χ1n) is 4.74. The minimum absolute atomic E-state index is 0.0396. The predicted octanol–water partition coefficient (Wildman–Crippen LogP) is 3.75. The number of halogens is 2. The van der Waals surface area contributed by atoms with Crippen LogP contribution >= 0.6 is 23.2 Å². The van der Waals surface area contributed by atoms with Crippen LogP contribution in [0.1, 0.15) is 10.4 Å². The lowest BCUT2D eigenvalue weighted by Gasteiger charge is -2.08. The third-order valence-corrected chi connectivity index (χ3v) is 2.90. The number of aromatic nitrogens is 1. The van der Waals surface area contributed by atoms with Gasteiger partial charge in [0.25, 0.3) is 0 Å². The van der Waals surface area contributed by atoms with Crippen LogP contribution in [0.3, 0.4) is 0 Å². The highest BCUT2D eigenvalue weighted by Gasteiger charge is 2.17. The molecular formula is C12H7Cl2NO2. The second-order valence-corrected chi connectivity index (χ2v) is 4.07.